The van der Waals surface area contributed by atoms with Crippen LogP contribution in [0.5, 0.6) is 0 Å². The number of rotatable bonds is 0. The van der Waals surface area contributed by atoms with Crippen LogP contribution in [-0.4, -0.2) is 135 Å². The third-order valence-corrected chi connectivity index (χ3v) is 0. The van der Waals surface area contributed by atoms with E-state index < -0.39 is 0 Å². The van der Waals surface area contributed by atoms with E-state index >= 15 is 0 Å². The van der Waals surface area contributed by atoms with Crippen molar-refractivity contribution >= 4 is 118 Å². The van der Waals surface area contributed by atoms with Crippen LogP contribution in [0.25, 0.3) is 0 Å². The van der Waals surface area contributed by atoms with Gasteiger partial charge in [-0.05, 0) is 0 Å². The molecule has 0 aromatic carbocycles. The van der Waals surface area contributed by atoms with Gasteiger partial charge in [-0.15, -0.1) is 0 Å². The number of hydrogen-bond donors (Lipinski definition) is 0. The van der Waals surface area contributed by atoms with Gasteiger partial charge < -0.3 is 16.4 Å². The summed E-state index contributed by atoms with van der Waals surface area (Å²) in [6.07, 6.45) is 0. The van der Waals surface area contributed by atoms with Crippen LogP contribution in [0.1, 0.15) is 0 Å². The van der Waals surface area contributed by atoms with Crippen molar-refractivity contribution in [1.82, 2.24) is 0 Å². The Labute approximate surface area is 131 Å². The van der Waals surface area contributed by atoms with Gasteiger partial charge in [0.25, 0.3) is 0 Å². The van der Waals surface area contributed by atoms with Crippen molar-refractivity contribution < 1.29 is 16.4 Å². The predicted octanol–water partition coefficient (Wildman–Crippen LogP) is -5.07. The van der Waals surface area contributed by atoms with Gasteiger partial charge in [0.05, 0.1) is 0 Å². The summed E-state index contributed by atoms with van der Waals surface area (Å²) < 4.78 is 0. The summed E-state index contributed by atoms with van der Waals surface area (Å²) in [7, 11) is 0. The summed E-state index contributed by atoms with van der Waals surface area (Å²) in [4.78, 5) is 0. The van der Waals surface area contributed by atoms with E-state index in [1.165, 1.54) is 0 Å². The van der Waals surface area contributed by atoms with Crippen molar-refractivity contribution in [3.05, 3.63) is 0 Å². The molecule has 0 aromatic heterocycles. The van der Waals surface area contributed by atoms with E-state index in [1.807, 2.05) is 0 Å². The van der Waals surface area contributed by atoms with Crippen LogP contribution in [0.3, 0.4) is 0 Å². The Kier molecular flexibility index (Phi) is 522. The van der Waals surface area contributed by atoms with Crippen molar-refractivity contribution in [3.63, 3.8) is 0 Å². The molecule has 0 unspecified atom stereocenters. The van der Waals surface area contributed by atoms with E-state index in [9.17, 15) is 0 Å². The van der Waals surface area contributed by atoms with Crippen molar-refractivity contribution in [2.45, 2.75) is 0 Å². The maximum absolute atomic E-state index is 0. The van der Waals surface area contributed by atoms with Gasteiger partial charge in [0.15, 0.2) is 0 Å². The van der Waals surface area contributed by atoms with Crippen LogP contribution in [0.15, 0.2) is 0 Å². The molecular formula is H10Na4O3. The standard InChI is InChI=1S/4Na.3H2O.4H/h;;;;3*1H2;;;;. The minimum absolute atomic E-state index is 0. The van der Waals surface area contributed by atoms with Gasteiger partial charge in [-0.25, -0.2) is 0 Å². The Bertz CT molecular complexity index is 6.90. The van der Waals surface area contributed by atoms with Gasteiger partial charge in [-0.2, -0.15) is 0 Å². The summed E-state index contributed by atoms with van der Waals surface area (Å²) in [6.45, 7) is 0. The van der Waals surface area contributed by atoms with Crippen molar-refractivity contribution in [2.75, 3.05) is 0 Å². The average Bonchev–Trinajstić information content (AvgIpc) is 0. The predicted molar refractivity (Wildman–Crippen MR) is 39.4 cm³/mol. The van der Waals surface area contributed by atoms with Gasteiger partial charge in [0.1, 0.15) is 0 Å². The molecule has 7 heavy (non-hydrogen) atoms. The molecule has 0 amide bonds. The van der Waals surface area contributed by atoms with Crippen LogP contribution < -0.4 is 0 Å². The van der Waals surface area contributed by atoms with E-state index in [4.69, 9.17) is 0 Å². The zero-order chi connectivity index (χ0) is 0. The molecule has 0 aliphatic heterocycles. The summed E-state index contributed by atoms with van der Waals surface area (Å²) in [5.41, 5.74) is 0. The Morgan fingerprint density at radius 1 is 0.286 bits per heavy atom. The Morgan fingerprint density at radius 2 is 0.286 bits per heavy atom. The first-order chi connectivity index (χ1) is 0. The van der Waals surface area contributed by atoms with Crippen LogP contribution in [0, 0.1) is 0 Å². The quantitative estimate of drug-likeness (QED) is 0.309. The fourth-order valence-electron chi connectivity index (χ4n) is 0. The van der Waals surface area contributed by atoms with Gasteiger partial charge in [-0.1, -0.05) is 0 Å². The third kappa shape index (κ3) is 40.8. The molecule has 32 valence electrons. The van der Waals surface area contributed by atoms with E-state index in [0.717, 1.165) is 0 Å². The molecule has 0 saturated carbocycles. The van der Waals surface area contributed by atoms with Crippen molar-refractivity contribution in [2.24, 2.45) is 0 Å². The Hall–Kier alpha value is 3.88. The Morgan fingerprint density at radius 3 is 0.286 bits per heavy atom. The fourth-order valence-corrected chi connectivity index (χ4v) is 0. The summed E-state index contributed by atoms with van der Waals surface area (Å²) in [5, 5.41) is 0. The van der Waals surface area contributed by atoms with E-state index in [2.05, 4.69) is 0 Å². The van der Waals surface area contributed by atoms with Gasteiger partial charge in [-0.3, -0.25) is 0 Å². The van der Waals surface area contributed by atoms with Gasteiger partial charge in [0.2, 0.25) is 0 Å². The van der Waals surface area contributed by atoms with E-state index in [1.54, 1.807) is 0 Å². The first kappa shape index (κ1) is 70.5. The van der Waals surface area contributed by atoms with E-state index in [-0.39, 0.29) is 135 Å². The normalized spacial score (nSPS) is 0. The van der Waals surface area contributed by atoms with Crippen LogP contribution in [-0.2, 0) is 0 Å². The molecular weight excluding hydrogens is 140 g/mol. The molecule has 7 heteroatoms. The topological polar surface area (TPSA) is 94.5 Å². The SMILES string of the molecule is O.O.O.[NaH].[NaH].[NaH].[NaH]. The van der Waals surface area contributed by atoms with Crippen LogP contribution in [0.2, 0.25) is 0 Å². The molecule has 0 aliphatic rings. The summed E-state index contributed by atoms with van der Waals surface area (Å²) in [6, 6.07) is 0. The van der Waals surface area contributed by atoms with Crippen LogP contribution in [0.4, 0.5) is 0 Å². The van der Waals surface area contributed by atoms with Gasteiger partial charge >= 0.3 is 118 Å². The molecule has 0 aliphatic carbocycles. The summed E-state index contributed by atoms with van der Waals surface area (Å²) in [5.74, 6) is 0. The first-order valence-electron chi connectivity index (χ1n) is 0. The fraction of sp³-hybridized carbons (Fsp3) is 0. The molecule has 0 saturated heterocycles. The molecule has 0 bridgehead atoms. The van der Waals surface area contributed by atoms with E-state index in [0.29, 0.717) is 0 Å². The summed E-state index contributed by atoms with van der Waals surface area (Å²) >= 11 is 0. The molecule has 3 nitrogen and oxygen atoms in total. The van der Waals surface area contributed by atoms with Crippen LogP contribution >= 0.6 is 0 Å². The first-order valence-corrected chi connectivity index (χ1v) is 0. The Balaban J connectivity index is 0. The molecule has 0 radical (unpaired) electrons. The monoisotopic (exact) mass is 150 g/mol. The average molecular weight is 150 g/mol. The maximum atomic E-state index is 0. The second-order valence-corrected chi connectivity index (χ2v) is 0. The molecule has 0 fully saturated rings. The van der Waals surface area contributed by atoms with Crippen molar-refractivity contribution in [1.29, 1.82) is 0 Å². The number of hydrogen-bond acceptors (Lipinski definition) is 0. The second kappa shape index (κ2) is 51.8. The molecule has 6 N–H and O–H groups in total. The molecule has 0 rings (SSSR count). The third-order valence-electron chi connectivity index (χ3n) is 0. The zero-order valence-corrected chi connectivity index (χ0v) is 1.50. The molecule has 0 spiro atoms. The van der Waals surface area contributed by atoms with Gasteiger partial charge in [0, 0.05) is 0 Å². The minimum atomic E-state index is 0. The second-order valence-electron chi connectivity index (χ2n) is 0. The molecule has 0 atom stereocenters. The van der Waals surface area contributed by atoms with Crippen molar-refractivity contribution in [3.8, 4) is 0 Å². The zero-order valence-electron chi connectivity index (χ0n) is 1.50. The molecule has 0 aromatic rings. The molecule has 0 heterocycles.